The molecule has 0 spiro atoms. The van der Waals surface area contributed by atoms with Crippen LogP contribution < -0.4 is 10.4 Å². The lowest BCUT2D eigenvalue weighted by molar-refractivity contribution is -0.144. The monoisotopic (exact) mass is 380 g/mol. The maximum Gasteiger partial charge on any atom is 0.344 e. The third-order valence-electron chi connectivity index (χ3n) is 4.13. The SMILES string of the molecule is CCCc1ccc(C(=O)COC(=O)COc2ccc3ccc(=O)oc3c2)cc1. The van der Waals surface area contributed by atoms with Crippen molar-refractivity contribution in [3.8, 4) is 5.75 Å². The van der Waals surface area contributed by atoms with E-state index in [1.165, 1.54) is 12.1 Å². The maximum absolute atomic E-state index is 12.1. The summed E-state index contributed by atoms with van der Waals surface area (Å²) >= 11 is 0. The molecule has 0 fully saturated rings. The lowest BCUT2D eigenvalue weighted by Crippen LogP contribution is -2.19. The van der Waals surface area contributed by atoms with Gasteiger partial charge in [-0.15, -0.1) is 0 Å². The Balaban J connectivity index is 1.50. The van der Waals surface area contributed by atoms with Crippen LogP contribution in [0.15, 0.2) is 63.8 Å². The second-order valence-electron chi connectivity index (χ2n) is 6.27. The van der Waals surface area contributed by atoms with E-state index < -0.39 is 11.6 Å². The Bertz CT molecular complexity index is 1030. The van der Waals surface area contributed by atoms with Gasteiger partial charge in [-0.1, -0.05) is 37.6 Å². The van der Waals surface area contributed by atoms with Crippen molar-refractivity contribution in [3.63, 3.8) is 0 Å². The van der Waals surface area contributed by atoms with Crippen molar-refractivity contribution < 1.29 is 23.5 Å². The van der Waals surface area contributed by atoms with E-state index >= 15 is 0 Å². The lowest BCUT2D eigenvalue weighted by Gasteiger charge is -2.07. The first-order chi connectivity index (χ1) is 13.5. The molecule has 0 amide bonds. The largest absolute Gasteiger partial charge is 0.482 e. The molecule has 1 aromatic heterocycles. The number of carbonyl (C=O) groups excluding carboxylic acids is 2. The van der Waals surface area contributed by atoms with E-state index in [4.69, 9.17) is 13.9 Å². The Kier molecular flexibility index (Phi) is 6.22. The molecule has 0 aliphatic rings. The molecule has 28 heavy (non-hydrogen) atoms. The van der Waals surface area contributed by atoms with Gasteiger partial charge in [-0.05, 0) is 30.2 Å². The number of rotatable bonds is 8. The fourth-order valence-electron chi connectivity index (χ4n) is 2.69. The van der Waals surface area contributed by atoms with E-state index in [-0.39, 0.29) is 19.0 Å². The molecular formula is C22H20O6. The summed E-state index contributed by atoms with van der Waals surface area (Å²) in [6.45, 7) is 1.39. The summed E-state index contributed by atoms with van der Waals surface area (Å²) in [5, 5.41) is 0.741. The molecule has 0 aliphatic carbocycles. The van der Waals surface area contributed by atoms with Gasteiger partial charge in [-0.2, -0.15) is 0 Å². The van der Waals surface area contributed by atoms with Crippen LogP contribution in [0.4, 0.5) is 0 Å². The zero-order chi connectivity index (χ0) is 19.9. The van der Waals surface area contributed by atoms with Gasteiger partial charge in [0.2, 0.25) is 0 Å². The molecule has 0 aliphatic heterocycles. The van der Waals surface area contributed by atoms with Gasteiger partial charge in [0.05, 0.1) is 0 Å². The van der Waals surface area contributed by atoms with Gasteiger partial charge in [0.25, 0.3) is 0 Å². The van der Waals surface area contributed by atoms with Gasteiger partial charge >= 0.3 is 11.6 Å². The number of ketones is 1. The Morgan fingerprint density at radius 2 is 1.71 bits per heavy atom. The molecule has 6 heteroatoms. The fourth-order valence-corrected chi connectivity index (χ4v) is 2.69. The molecule has 0 saturated carbocycles. The van der Waals surface area contributed by atoms with Crippen LogP contribution in [0.25, 0.3) is 11.0 Å². The van der Waals surface area contributed by atoms with Crippen LogP contribution in [0.2, 0.25) is 0 Å². The molecule has 0 saturated heterocycles. The summed E-state index contributed by atoms with van der Waals surface area (Å²) in [6, 6.07) is 15.1. The molecule has 144 valence electrons. The van der Waals surface area contributed by atoms with Crippen LogP contribution in [0.5, 0.6) is 5.75 Å². The molecular weight excluding hydrogens is 360 g/mol. The molecule has 1 heterocycles. The predicted octanol–water partition coefficient (Wildman–Crippen LogP) is 3.55. The van der Waals surface area contributed by atoms with Gasteiger partial charge in [-0.25, -0.2) is 9.59 Å². The van der Waals surface area contributed by atoms with Crippen LogP contribution in [0, 0.1) is 0 Å². The third kappa shape index (κ3) is 5.07. The van der Waals surface area contributed by atoms with Crippen LogP contribution in [0.3, 0.4) is 0 Å². The van der Waals surface area contributed by atoms with Crippen LogP contribution in [-0.2, 0) is 16.0 Å². The smallest absolute Gasteiger partial charge is 0.344 e. The summed E-state index contributed by atoms with van der Waals surface area (Å²) in [6.07, 6.45) is 1.99. The topological polar surface area (TPSA) is 82.8 Å². The van der Waals surface area contributed by atoms with Crippen molar-refractivity contribution >= 4 is 22.7 Å². The van der Waals surface area contributed by atoms with E-state index in [0.717, 1.165) is 23.8 Å². The number of aryl methyl sites for hydroxylation is 1. The van der Waals surface area contributed by atoms with Crippen molar-refractivity contribution in [2.45, 2.75) is 19.8 Å². The first-order valence-electron chi connectivity index (χ1n) is 8.99. The second kappa shape index (κ2) is 8.99. The number of esters is 1. The molecule has 0 unspecified atom stereocenters. The molecule has 0 radical (unpaired) electrons. The zero-order valence-electron chi connectivity index (χ0n) is 15.5. The van der Waals surface area contributed by atoms with Gasteiger partial charge in [0.15, 0.2) is 19.0 Å². The van der Waals surface area contributed by atoms with Crippen molar-refractivity contribution in [1.82, 2.24) is 0 Å². The lowest BCUT2D eigenvalue weighted by atomic mass is 10.1. The minimum atomic E-state index is -0.662. The first-order valence-corrected chi connectivity index (χ1v) is 8.99. The number of ether oxygens (including phenoxy) is 2. The van der Waals surface area contributed by atoms with Crippen molar-refractivity contribution in [2.24, 2.45) is 0 Å². The summed E-state index contributed by atoms with van der Waals surface area (Å²) in [5.41, 5.74) is 1.55. The van der Waals surface area contributed by atoms with Gasteiger partial charge in [0.1, 0.15) is 11.3 Å². The normalized spacial score (nSPS) is 10.6. The van der Waals surface area contributed by atoms with Crippen LogP contribution in [-0.4, -0.2) is 25.0 Å². The highest BCUT2D eigenvalue weighted by molar-refractivity contribution is 5.98. The molecule has 3 aromatic rings. The minimum absolute atomic E-state index is 0.274. The van der Waals surface area contributed by atoms with Crippen molar-refractivity contribution in [2.75, 3.05) is 13.2 Å². The molecule has 0 bridgehead atoms. The van der Waals surface area contributed by atoms with Crippen molar-refractivity contribution in [1.29, 1.82) is 0 Å². The Hall–Kier alpha value is -3.41. The minimum Gasteiger partial charge on any atom is -0.482 e. The molecule has 0 N–H and O–H groups in total. The quantitative estimate of drug-likeness (QED) is 0.338. The predicted molar refractivity (Wildman–Crippen MR) is 104 cm³/mol. The van der Waals surface area contributed by atoms with E-state index in [1.807, 2.05) is 12.1 Å². The van der Waals surface area contributed by atoms with Gasteiger partial charge in [0, 0.05) is 23.1 Å². The highest BCUT2D eigenvalue weighted by Crippen LogP contribution is 2.19. The number of fused-ring (bicyclic) bond motifs is 1. The summed E-state index contributed by atoms with van der Waals surface area (Å²) in [4.78, 5) is 35.2. The summed E-state index contributed by atoms with van der Waals surface area (Å²) < 4.78 is 15.4. The Morgan fingerprint density at radius 3 is 2.46 bits per heavy atom. The Morgan fingerprint density at radius 1 is 0.964 bits per heavy atom. The Labute approximate surface area is 161 Å². The fraction of sp³-hybridized carbons (Fsp3) is 0.227. The molecule has 6 nitrogen and oxygen atoms in total. The number of Topliss-reactive ketones (excluding diaryl/α,β-unsaturated/α-hetero) is 1. The third-order valence-corrected chi connectivity index (χ3v) is 4.13. The number of hydrogen-bond acceptors (Lipinski definition) is 6. The summed E-state index contributed by atoms with van der Waals surface area (Å²) in [5.74, 6) is -0.578. The first kappa shape index (κ1) is 19.4. The van der Waals surface area contributed by atoms with E-state index in [1.54, 1.807) is 30.3 Å². The summed E-state index contributed by atoms with van der Waals surface area (Å²) in [7, 11) is 0. The van der Waals surface area contributed by atoms with Gasteiger partial charge < -0.3 is 13.9 Å². The second-order valence-corrected chi connectivity index (χ2v) is 6.27. The standard InChI is InChI=1S/C22H20O6/c1-2-3-15-4-6-16(7-5-15)19(23)13-27-22(25)14-26-18-10-8-17-9-11-21(24)28-20(17)12-18/h4-12H,2-3,13-14H2,1H3. The highest BCUT2D eigenvalue weighted by Gasteiger charge is 2.11. The van der Waals surface area contributed by atoms with Gasteiger partial charge in [-0.3, -0.25) is 4.79 Å². The number of benzene rings is 2. The number of hydrogen-bond donors (Lipinski definition) is 0. The molecule has 0 atom stereocenters. The molecule has 2 aromatic carbocycles. The zero-order valence-corrected chi connectivity index (χ0v) is 15.5. The van der Waals surface area contributed by atoms with Crippen LogP contribution in [0.1, 0.15) is 29.3 Å². The van der Waals surface area contributed by atoms with E-state index in [2.05, 4.69) is 6.92 Å². The van der Waals surface area contributed by atoms with Crippen molar-refractivity contribution in [3.05, 3.63) is 76.1 Å². The van der Waals surface area contributed by atoms with E-state index in [9.17, 15) is 14.4 Å². The van der Waals surface area contributed by atoms with E-state index in [0.29, 0.717) is 16.9 Å². The number of carbonyl (C=O) groups is 2. The average molecular weight is 380 g/mol. The highest BCUT2D eigenvalue weighted by atomic mass is 16.6. The average Bonchev–Trinajstić information content (AvgIpc) is 2.71. The molecule has 3 rings (SSSR count). The maximum atomic E-state index is 12.1. The van der Waals surface area contributed by atoms with Crippen LogP contribution >= 0.6 is 0 Å².